The van der Waals surface area contributed by atoms with E-state index in [1.807, 2.05) is 51.2 Å². The summed E-state index contributed by atoms with van der Waals surface area (Å²) in [5.74, 6) is 0.424. The van der Waals surface area contributed by atoms with Gasteiger partial charge in [0, 0.05) is 21.9 Å². The molecule has 1 aromatic heterocycles. The smallest absolute Gasteiger partial charge is 0.172 e. The van der Waals surface area contributed by atoms with Crippen molar-refractivity contribution in [2.45, 2.75) is 51.8 Å². The minimum atomic E-state index is -0.373. The minimum absolute atomic E-state index is 0.279. The van der Waals surface area contributed by atoms with Crippen LogP contribution in [0, 0.1) is 24.1 Å². The van der Waals surface area contributed by atoms with Crippen LogP contribution in [0.25, 0.3) is 5.69 Å². The highest BCUT2D eigenvalue weighted by atomic mass is 35.5. The van der Waals surface area contributed by atoms with Crippen molar-refractivity contribution in [3.63, 3.8) is 0 Å². The molecule has 0 N–H and O–H groups in total. The molecule has 0 saturated heterocycles. The summed E-state index contributed by atoms with van der Waals surface area (Å²) in [5, 5.41) is 10.5. The average Bonchev–Trinajstić information content (AvgIpc) is 3.36. The number of benzene rings is 3. The number of nitrogens with zero attached hydrogens (tertiary/aromatic N) is 3. The molecule has 198 valence electrons. The van der Waals surface area contributed by atoms with E-state index in [-0.39, 0.29) is 11.2 Å². The van der Waals surface area contributed by atoms with Crippen LogP contribution in [0.2, 0.25) is 5.02 Å². The molecule has 0 spiro atoms. The van der Waals surface area contributed by atoms with Crippen molar-refractivity contribution in [1.82, 2.24) is 9.55 Å². The molecular formula is C31H33ClFN3OS. The van der Waals surface area contributed by atoms with Gasteiger partial charge in [0.25, 0.3) is 0 Å². The summed E-state index contributed by atoms with van der Waals surface area (Å²) in [6.45, 7) is 11.3. The van der Waals surface area contributed by atoms with Crippen LogP contribution in [0.15, 0.2) is 78.1 Å². The van der Waals surface area contributed by atoms with Crippen molar-refractivity contribution in [2.75, 3.05) is 12.4 Å². The Hall–Kier alpha value is -3.11. The van der Waals surface area contributed by atoms with Gasteiger partial charge in [-0.3, -0.25) is 4.57 Å². The van der Waals surface area contributed by atoms with Gasteiger partial charge in [0.05, 0.1) is 36.7 Å². The van der Waals surface area contributed by atoms with Crippen molar-refractivity contribution in [3.05, 3.63) is 112 Å². The van der Waals surface area contributed by atoms with Gasteiger partial charge in [-0.1, -0.05) is 75.3 Å². The van der Waals surface area contributed by atoms with Gasteiger partial charge in [-0.25, -0.2) is 9.37 Å². The number of hydrogen-bond acceptors (Lipinski definition) is 4. The fourth-order valence-electron chi connectivity index (χ4n) is 3.96. The Morgan fingerprint density at radius 2 is 1.74 bits per heavy atom. The summed E-state index contributed by atoms with van der Waals surface area (Å²) in [6, 6.07) is 22.1. The molecule has 0 unspecified atom stereocenters. The molecule has 0 aliphatic rings. The van der Waals surface area contributed by atoms with Gasteiger partial charge in [0.15, 0.2) is 5.16 Å². The first kappa shape index (κ1) is 29.4. The zero-order valence-electron chi connectivity index (χ0n) is 22.5. The zero-order chi connectivity index (χ0) is 27.7. The lowest BCUT2D eigenvalue weighted by Gasteiger charge is -2.28. The van der Waals surface area contributed by atoms with E-state index >= 15 is 0 Å². The van der Waals surface area contributed by atoms with Crippen molar-refractivity contribution in [2.24, 2.45) is 0 Å². The third-order valence-electron chi connectivity index (χ3n) is 6.14. The standard InChI is InChI=1S/C29H27ClFN3OS.C2H6/c1-20-16-23(8-13-26(20)30)29(2,3)27-18-33-28(34(27)25-11-9-24(31)10-12-25)36-15-14-35-19-22-6-4-21(17-32)5-7-22;1-2/h4-13,16,18H,14-15,19H2,1-3H3;1-2H3. The summed E-state index contributed by atoms with van der Waals surface area (Å²) in [5.41, 5.74) is 5.27. The lowest BCUT2D eigenvalue weighted by Crippen LogP contribution is -2.23. The van der Waals surface area contributed by atoms with Crippen LogP contribution in [0.3, 0.4) is 0 Å². The second kappa shape index (κ2) is 13.6. The van der Waals surface area contributed by atoms with Gasteiger partial charge in [-0.2, -0.15) is 5.26 Å². The van der Waals surface area contributed by atoms with Crippen molar-refractivity contribution < 1.29 is 9.13 Å². The monoisotopic (exact) mass is 549 g/mol. The lowest BCUT2D eigenvalue weighted by molar-refractivity contribution is 0.136. The fourth-order valence-corrected chi connectivity index (χ4v) is 4.92. The molecule has 0 radical (unpaired) electrons. The minimum Gasteiger partial charge on any atom is -0.376 e. The second-order valence-electron chi connectivity index (χ2n) is 9.04. The van der Waals surface area contributed by atoms with E-state index in [0.717, 1.165) is 38.3 Å². The van der Waals surface area contributed by atoms with E-state index in [0.29, 0.717) is 24.5 Å². The number of halogens is 2. The predicted molar refractivity (Wildman–Crippen MR) is 155 cm³/mol. The fraction of sp³-hybridized carbons (Fsp3) is 0.290. The number of hydrogen-bond donors (Lipinski definition) is 0. The zero-order valence-corrected chi connectivity index (χ0v) is 24.0. The molecule has 4 rings (SSSR count). The predicted octanol–water partition coefficient (Wildman–Crippen LogP) is 8.51. The quantitative estimate of drug-likeness (QED) is 0.155. The number of aromatic nitrogens is 2. The maximum absolute atomic E-state index is 13.7. The SMILES string of the molecule is CC.Cc1cc(C(C)(C)c2cnc(SCCOCc3ccc(C#N)cc3)n2-c2ccc(F)cc2)ccc1Cl. The van der Waals surface area contributed by atoms with Crippen molar-refractivity contribution in [1.29, 1.82) is 5.26 Å². The summed E-state index contributed by atoms with van der Waals surface area (Å²) < 4.78 is 21.6. The molecule has 4 aromatic rings. The normalized spacial score (nSPS) is 11.0. The molecule has 3 aromatic carbocycles. The van der Waals surface area contributed by atoms with Gasteiger partial charge >= 0.3 is 0 Å². The molecule has 0 amide bonds. The number of nitriles is 1. The largest absolute Gasteiger partial charge is 0.376 e. The first-order valence-electron chi connectivity index (χ1n) is 12.6. The maximum Gasteiger partial charge on any atom is 0.172 e. The summed E-state index contributed by atoms with van der Waals surface area (Å²) in [6.07, 6.45) is 1.90. The van der Waals surface area contributed by atoms with Crippen LogP contribution < -0.4 is 0 Å². The first-order chi connectivity index (χ1) is 18.3. The Labute approximate surface area is 234 Å². The Kier molecular flexibility index (Phi) is 10.6. The van der Waals surface area contributed by atoms with Crippen molar-refractivity contribution in [3.8, 4) is 11.8 Å². The molecule has 0 fully saturated rings. The highest BCUT2D eigenvalue weighted by molar-refractivity contribution is 7.99. The molecule has 7 heteroatoms. The highest BCUT2D eigenvalue weighted by Gasteiger charge is 2.29. The molecule has 0 bridgehead atoms. The van der Waals surface area contributed by atoms with E-state index in [1.54, 1.807) is 36.0 Å². The third kappa shape index (κ3) is 7.05. The van der Waals surface area contributed by atoms with E-state index in [4.69, 9.17) is 26.6 Å². The Morgan fingerprint density at radius 3 is 2.37 bits per heavy atom. The lowest BCUT2D eigenvalue weighted by atomic mass is 9.81. The van der Waals surface area contributed by atoms with Gasteiger partial charge in [-0.15, -0.1) is 0 Å². The van der Waals surface area contributed by atoms with Gasteiger partial charge in [0.1, 0.15) is 5.82 Å². The molecular weight excluding hydrogens is 517 g/mol. The molecule has 0 aliphatic carbocycles. The van der Waals surface area contributed by atoms with Gasteiger partial charge in [0.2, 0.25) is 0 Å². The molecule has 0 aliphatic heterocycles. The summed E-state index contributed by atoms with van der Waals surface area (Å²) in [4.78, 5) is 4.74. The second-order valence-corrected chi connectivity index (χ2v) is 10.5. The molecule has 4 nitrogen and oxygen atoms in total. The van der Waals surface area contributed by atoms with E-state index in [2.05, 4.69) is 30.6 Å². The first-order valence-corrected chi connectivity index (χ1v) is 14.0. The molecule has 0 saturated carbocycles. The van der Waals surface area contributed by atoms with Gasteiger partial charge in [-0.05, 0) is 66.1 Å². The van der Waals surface area contributed by atoms with Crippen LogP contribution in [-0.4, -0.2) is 21.9 Å². The molecule has 1 heterocycles. The van der Waals surface area contributed by atoms with Crippen LogP contribution in [-0.2, 0) is 16.8 Å². The van der Waals surface area contributed by atoms with Gasteiger partial charge < -0.3 is 4.74 Å². The molecule has 0 atom stereocenters. The van der Waals surface area contributed by atoms with Crippen LogP contribution >= 0.6 is 23.4 Å². The number of thioether (sulfide) groups is 1. The average molecular weight is 550 g/mol. The number of aryl methyl sites for hydroxylation is 1. The Bertz CT molecular complexity index is 1380. The van der Waals surface area contributed by atoms with Crippen LogP contribution in [0.1, 0.15) is 55.6 Å². The van der Waals surface area contributed by atoms with Crippen LogP contribution in [0.5, 0.6) is 0 Å². The van der Waals surface area contributed by atoms with E-state index in [9.17, 15) is 4.39 Å². The number of imidazole rings is 1. The topological polar surface area (TPSA) is 50.8 Å². The van der Waals surface area contributed by atoms with E-state index in [1.165, 1.54) is 12.1 Å². The Morgan fingerprint density at radius 1 is 1.05 bits per heavy atom. The van der Waals surface area contributed by atoms with E-state index < -0.39 is 0 Å². The van der Waals surface area contributed by atoms with Crippen LogP contribution in [0.4, 0.5) is 4.39 Å². The number of rotatable bonds is 9. The van der Waals surface area contributed by atoms with Crippen molar-refractivity contribution >= 4 is 23.4 Å². The Balaban J connectivity index is 0.00000195. The number of ether oxygens (including phenoxy) is 1. The summed E-state index contributed by atoms with van der Waals surface area (Å²) in [7, 11) is 0. The maximum atomic E-state index is 13.7. The third-order valence-corrected chi connectivity index (χ3v) is 7.49. The highest BCUT2D eigenvalue weighted by Crippen LogP contribution is 2.37. The summed E-state index contributed by atoms with van der Waals surface area (Å²) >= 11 is 7.87. The molecule has 38 heavy (non-hydrogen) atoms.